The molecule has 0 aliphatic heterocycles. The van der Waals surface area contributed by atoms with E-state index >= 15 is 0 Å². The van der Waals surface area contributed by atoms with E-state index in [4.69, 9.17) is 38.8 Å². The average Bonchev–Trinajstić information content (AvgIpc) is 4.14. The molecule has 0 saturated heterocycles. The number of thiophene rings is 2. The van der Waals surface area contributed by atoms with E-state index in [1.165, 1.54) is 25.2 Å². The number of nitrogen functional groups attached to an aromatic ring is 6. The molecular formula is C48H51N15OS2. The standard InChI is InChI=1S/C9H10N2.C8H9N3.C8H8N2O.2C8H8N2S.C7H8N4/c1-6-5-7-3-2-4-8(10)9(7)11-6;1-5-4-6-7(11-5)2-3-10-8(6)9;1-5-4-6-2-3-10-8(9)7(6)11-5;1-5-4-6-7(11-5)2-3-10-8(6)9;1-5-4-6-2-3-10-8(9)7(6)11-5;1-4-10-5-2-3-9-7(8)6(5)11-4/h2-5,11H,10H2,1H3;2-4,11H,1H3,(H2,9,10);3*2-4H,1H3,(H2,9,10);2-3H,1H3,(H2,8,9)(H,10,11). The van der Waals surface area contributed by atoms with E-state index in [1.54, 1.807) is 53.7 Å². The van der Waals surface area contributed by atoms with Crippen LogP contribution in [-0.2, 0) is 0 Å². The highest BCUT2D eigenvalue weighted by Gasteiger charge is 2.05. The van der Waals surface area contributed by atoms with Crippen LogP contribution < -0.4 is 34.4 Å². The van der Waals surface area contributed by atoms with Crippen molar-refractivity contribution in [3.05, 3.63) is 143 Å². The number of nitrogens with two attached hydrogens (primary N) is 6. The highest BCUT2D eigenvalue weighted by atomic mass is 32.1. The van der Waals surface area contributed by atoms with Gasteiger partial charge in [-0.05, 0) is 114 Å². The third-order valence-electron chi connectivity index (χ3n) is 9.85. The molecule has 336 valence electrons. The van der Waals surface area contributed by atoms with E-state index in [0.29, 0.717) is 34.7 Å². The number of H-pyrrole nitrogens is 3. The van der Waals surface area contributed by atoms with Gasteiger partial charge >= 0.3 is 0 Å². The summed E-state index contributed by atoms with van der Waals surface area (Å²) in [5.74, 6) is 4.51. The molecule has 0 aliphatic carbocycles. The Kier molecular flexibility index (Phi) is 13.9. The number of nitrogens with one attached hydrogen (secondary N) is 3. The molecule has 12 rings (SSSR count). The molecule has 12 aromatic rings. The third kappa shape index (κ3) is 10.9. The number of aromatic amines is 3. The first-order chi connectivity index (χ1) is 31.6. The zero-order valence-electron chi connectivity index (χ0n) is 37.3. The number of fused-ring (bicyclic) bond motifs is 6. The highest BCUT2D eigenvalue weighted by molar-refractivity contribution is 7.19. The second kappa shape index (κ2) is 20.1. The Hall–Kier alpha value is -8.22. The Balaban J connectivity index is 0.000000118. The van der Waals surface area contributed by atoms with E-state index in [1.807, 2.05) is 82.3 Å². The Bertz CT molecular complexity index is 2950. The van der Waals surface area contributed by atoms with Crippen molar-refractivity contribution < 1.29 is 4.42 Å². The predicted octanol–water partition coefficient (Wildman–Crippen LogP) is 10.5. The fourth-order valence-electron chi connectivity index (χ4n) is 6.95. The third-order valence-corrected chi connectivity index (χ3v) is 12.0. The number of rotatable bonds is 0. The van der Waals surface area contributed by atoms with Crippen molar-refractivity contribution >= 4 is 121 Å². The zero-order chi connectivity index (χ0) is 47.1. The maximum atomic E-state index is 5.74. The summed E-state index contributed by atoms with van der Waals surface area (Å²) in [5, 5.41) is 5.47. The van der Waals surface area contributed by atoms with Crippen molar-refractivity contribution in [1.29, 1.82) is 0 Å². The van der Waals surface area contributed by atoms with Crippen LogP contribution in [0.25, 0.3) is 64.0 Å². The van der Waals surface area contributed by atoms with Crippen molar-refractivity contribution in [3.8, 4) is 0 Å². The van der Waals surface area contributed by atoms with E-state index in [-0.39, 0.29) is 0 Å². The number of hydrogen-bond donors (Lipinski definition) is 9. The average molecular weight is 918 g/mol. The molecular weight excluding hydrogens is 867 g/mol. The van der Waals surface area contributed by atoms with Crippen LogP contribution in [0.1, 0.15) is 32.7 Å². The number of hydrogen-bond acceptors (Lipinski definition) is 15. The number of furan rings is 1. The summed E-state index contributed by atoms with van der Waals surface area (Å²) in [7, 11) is 0. The van der Waals surface area contributed by atoms with Crippen molar-refractivity contribution in [1.82, 2.24) is 44.9 Å². The van der Waals surface area contributed by atoms with E-state index in [2.05, 4.69) is 83.0 Å². The molecule has 0 amide bonds. The Morgan fingerprint density at radius 3 is 1.80 bits per heavy atom. The minimum absolute atomic E-state index is 0.454. The molecule has 18 heteroatoms. The molecule has 66 heavy (non-hydrogen) atoms. The van der Waals surface area contributed by atoms with Gasteiger partial charge in [0.2, 0.25) is 0 Å². The normalized spacial score (nSPS) is 10.6. The van der Waals surface area contributed by atoms with Gasteiger partial charge in [0, 0.05) is 78.4 Å². The molecule has 15 N–H and O–H groups in total. The van der Waals surface area contributed by atoms with Gasteiger partial charge in [0.05, 0.1) is 26.9 Å². The topological polar surface area (TPSA) is 294 Å². The molecule has 16 nitrogen and oxygen atoms in total. The van der Waals surface area contributed by atoms with Crippen LogP contribution >= 0.6 is 22.7 Å². The van der Waals surface area contributed by atoms with Crippen molar-refractivity contribution in [2.75, 3.05) is 34.4 Å². The lowest BCUT2D eigenvalue weighted by atomic mass is 10.2. The van der Waals surface area contributed by atoms with Gasteiger partial charge in [0.15, 0.2) is 17.2 Å². The number of benzene rings is 1. The van der Waals surface area contributed by atoms with Gasteiger partial charge in [-0.2, -0.15) is 0 Å². The number of aromatic nitrogens is 9. The maximum Gasteiger partial charge on any atom is 0.176 e. The van der Waals surface area contributed by atoms with E-state index in [0.717, 1.165) is 71.6 Å². The number of pyridine rings is 5. The second-order valence-electron chi connectivity index (χ2n) is 15.2. The van der Waals surface area contributed by atoms with Crippen molar-refractivity contribution in [3.63, 3.8) is 0 Å². The SMILES string of the molecule is Cc1cc2c(N)nccc2[nH]1.Cc1cc2c(N)nccc2s1.Cc1cc2cccc(N)c2[nH]1.Cc1cc2ccnc(N)c2o1.Cc1cc2ccnc(N)c2s1.Cc1nc2c(N)nccc2[nH]1. The van der Waals surface area contributed by atoms with Gasteiger partial charge in [-0.25, -0.2) is 29.9 Å². The number of imidazole rings is 1. The quantitative estimate of drug-likeness (QED) is 0.0640. The van der Waals surface area contributed by atoms with E-state index in [9.17, 15) is 0 Å². The van der Waals surface area contributed by atoms with E-state index < -0.39 is 0 Å². The summed E-state index contributed by atoms with van der Waals surface area (Å²) in [6.45, 7) is 12.0. The maximum absolute atomic E-state index is 5.74. The molecule has 0 saturated carbocycles. The van der Waals surface area contributed by atoms with Crippen LogP contribution in [0.4, 0.5) is 34.8 Å². The largest absolute Gasteiger partial charge is 0.457 e. The Labute approximate surface area is 387 Å². The van der Waals surface area contributed by atoms with Gasteiger partial charge < -0.3 is 53.8 Å². The lowest BCUT2D eigenvalue weighted by Gasteiger charge is -1.92. The van der Waals surface area contributed by atoms with Gasteiger partial charge in [-0.15, -0.1) is 22.7 Å². The molecule has 0 fully saturated rings. The molecule has 1 aromatic carbocycles. The molecule has 0 spiro atoms. The van der Waals surface area contributed by atoms with Gasteiger partial charge in [0.25, 0.3) is 0 Å². The number of anilines is 6. The number of aryl methyl sites for hydroxylation is 6. The first kappa shape index (κ1) is 45.8. The monoisotopic (exact) mass is 917 g/mol. The van der Waals surface area contributed by atoms with Gasteiger partial charge in [-0.1, -0.05) is 12.1 Å². The molecule has 11 aromatic heterocycles. The molecule has 0 atom stereocenters. The van der Waals surface area contributed by atoms with Crippen LogP contribution in [0, 0.1) is 41.5 Å². The summed E-state index contributed by atoms with van der Waals surface area (Å²) in [5.41, 5.74) is 41.4. The lowest BCUT2D eigenvalue weighted by molar-refractivity contribution is 0.578. The molecule has 0 bridgehead atoms. The minimum atomic E-state index is 0.454. The Morgan fingerprint density at radius 2 is 1.12 bits per heavy atom. The summed E-state index contributed by atoms with van der Waals surface area (Å²) in [4.78, 5) is 36.0. The lowest BCUT2D eigenvalue weighted by Crippen LogP contribution is -1.89. The first-order valence-electron chi connectivity index (χ1n) is 20.6. The summed E-state index contributed by atoms with van der Waals surface area (Å²) >= 11 is 3.44. The van der Waals surface area contributed by atoms with Crippen LogP contribution in [0.15, 0.2) is 114 Å². The second-order valence-corrected chi connectivity index (χ2v) is 17.7. The molecule has 11 heterocycles. The van der Waals surface area contributed by atoms with Crippen molar-refractivity contribution in [2.24, 2.45) is 0 Å². The fourth-order valence-corrected chi connectivity index (χ4v) is 8.79. The highest BCUT2D eigenvalue weighted by Crippen LogP contribution is 2.29. The first-order valence-corrected chi connectivity index (χ1v) is 22.2. The summed E-state index contributed by atoms with van der Waals surface area (Å²) in [6.07, 6.45) is 8.52. The van der Waals surface area contributed by atoms with Gasteiger partial charge in [-0.3, -0.25) is 0 Å². The number of para-hydroxylation sites is 1. The van der Waals surface area contributed by atoms with Crippen LogP contribution in [0.2, 0.25) is 0 Å². The summed E-state index contributed by atoms with van der Waals surface area (Å²) in [6, 6.07) is 25.8. The molecule has 0 aliphatic rings. The molecule has 0 unspecified atom stereocenters. The van der Waals surface area contributed by atoms with Crippen molar-refractivity contribution in [2.45, 2.75) is 41.5 Å². The fraction of sp³-hybridized carbons (Fsp3) is 0.125. The number of nitrogens with zero attached hydrogens (tertiary/aromatic N) is 6. The van der Waals surface area contributed by atoms with Crippen LogP contribution in [0.5, 0.6) is 0 Å². The summed E-state index contributed by atoms with van der Waals surface area (Å²) < 4.78 is 7.63. The predicted molar refractivity (Wildman–Crippen MR) is 276 cm³/mol. The smallest absolute Gasteiger partial charge is 0.176 e. The zero-order valence-corrected chi connectivity index (χ0v) is 38.9. The Morgan fingerprint density at radius 1 is 0.500 bits per heavy atom. The minimum Gasteiger partial charge on any atom is -0.457 e. The van der Waals surface area contributed by atoms with Crippen LogP contribution in [0.3, 0.4) is 0 Å². The van der Waals surface area contributed by atoms with Crippen LogP contribution in [-0.4, -0.2) is 44.9 Å². The molecule has 0 radical (unpaired) electrons. The van der Waals surface area contributed by atoms with Gasteiger partial charge in [0.1, 0.15) is 34.6 Å².